The number of benzene rings is 2. The van der Waals surface area contributed by atoms with Crippen molar-refractivity contribution in [3.63, 3.8) is 0 Å². The van der Waals surface area contributed by atoms with Crippen molar-refractivity contribution in [2.45, 2.75) is 12.6 Å². The first-order valence-corrected chi connectivity index (χ1v) is 6.62. The van der Waals surface area contributed by atoms with E-state index in [9.17, 15) is 32.5 Å². The second-order valence-electron chi connectivity index (χ2n) is 4.87. The number of nitro groups is 1. The molecule has 2 aromatic carbocycles. The molecule has 25 heavy (non-hydrogen) atoms. The predicted octanol–water partition coefficient (Wildman–Crippen LogP) is 4.40. The molecule has 0 aliphatic rings. The zero-order valence-electron chi connectivity index (χ0n) is 12.2. The van der Waals surface area contributed by atoms with Gasteiger partial charge in [-0.2, -0.15) is 13.2 Å². The number of non-ortho nitro benzene ring substituents is 1. The number of carboxylic acid groups (broad SMARTS) is 1. The number of nitro benzene ring substituents is 1. The zero-order valence-corrected chi connectivity index (χ0v) is 12.2. The van der Waals surface area contributed by atoms with Crippen molar-refractivity contribution in [3.05, 3.63) is 69.0 Å². The van der Waals surface area contributed by atoms with E-state index in [1.807, 2.05) is 0 Å². The summed E-state index contributed by atoms with van der Waals surface area (Å²) in [7, 11) is 0. The molecule has 0 heterocycles. The van der Waals surface area contributed by atoms with Crippen LogP contribution in [0.3, 0.4) is 0 Å². The number of hydrogen-bond acceptors (Lipinski definition) is 4. The van der Waals surface area contributed by atoms with E-state index >= 15 is 0 Å². The lowest BCUT2D eigenvalue weighted by Gasteiger charge is -2.12. The van der Waals surface area contributed by atoms with Crippen molar-refractivity contribution in [3.8, 4) is 5.75 Å². The van der Waals surface area contributed by atoms with Crippen LogP contribution in [-0.4, -0.2) is 16.2 Å². The summed E-state index contributed by atoms with van der Waals surface area (Å²) in [6, 6.07) is 5.46. The van der Waals surface area contributed by atoms with Crippen LogP contribution in [0.15, 0.2) is 36.4 Å². The van der Waals surface area contributed by atoms with Gasteiger partial charge in [-0.25, -0.2) is 9.18 Å². The van der Waals surface area contributed by atoms with Gasteiger partial charge < -0.3 is 9.84 Å². The maximum atomic E-state index is 14.1. The lowest BCUT2D eigenvalue weighted by molar-refractivity contribution is -0.384. The second kappa shape index (κ2) is 6.75. The van der Waals surface area contributed by atoms with Crippen LogP contribution in [0.2, 0.25) is 0 Å². The maximum Gasteiger partial charge on any atom is 0.511 e. The quantitative estimate of drug-likeness (QED) is 0.287. The van der Waals surface area contributed by atoms with Crippen LogP contribution in [0.25, 0.3) is 0 Å². The lowest BCUT2D eigenvalue weighted by atomic mass is 10.0. The number of rotatable bonds is 4. The fourth-order valence-corrected chi connectivity index (χ4v) is 2.15. The largest absolute Gasteiger partial charge is 0.511 e. The normalized spacial score (nSPS) is 11.2. The summed E-state index contributed by atoms with van der Waals surface area (Å²) in [5.41, 5.74) is -2.49. The molecule has 6 nitrogen and oxygen atoms in total. The molecule has 2 rings (SSSR count). The van der Waals surface area contributed by atoms with Crippen LogP contribution in [0.5, 0.6) is 5.75 Å². The highest BCUT2D eigenvalue weighted by Gasteiger charge is 2.34. The fourth-order valence-electron chi connectivity index (χ4n) is 2.15. The van der Waals surface area contributed by atoms with Crippen molar-refractivity contribution in [2.24, 2.45) is 0 Å². The van der Waals surface area contributed by atoms with Crippen LogP contribution < -0.4 is 4.74 Å². The topological polar surface area (TPSA) is 89.7 Å². The molecule has 0 amide bonds. The van der Waals surface area contributed by atoms with E-state index in [1.54, 1.807) is 0 Å². The summed E-state index contributed by atoms with van der Waals surface area (Å²) in [5, 5.41) is 19.5. The molecule has 0 atom stereocenters. The van der Waals surface area contributed by atoms with Gasteiger partial charge >= 0.3 is 12.3 Å². The van der Waals surface area contributed by atoms with Crippen LogP contribution in [0.4, 0.5) is 28.0 Å². The number of halogens is 4. The Bertz CT molecular complexity index is 835. The molecule has 0 radical (unpaired) electrons. The SMILES string of the molecule is O=C(O)Oc1ccc([N+](=O)[O-])cc1Cc1cccc(C(F)(F)F)c1F. The van der Waals surface area contributed by atoms with Crippen molar-refractivity contribution >= 4 is 11.8 Å². The van der Waals surface area contributed by atoms with E-state index in [2.05, 4.69) is 4.74 Å². The van der Waals surface area contributed by atoms with Gasteiger partial charge in [0.2, 0.25) is 0 Å². The van der Waals surface area contributed by atoms with Crippen LogP contribution >= 0.6 is 0 Å². The van der Waals surface area contributed by atoms with E-state index in [0.29, 0.717) is 6.07 Å². The molecule has 132 valence electrons. The van der Waals surface area contributed by atoms with Gasteiger partial charge in [0.25, 0.3) is 5.69 Å². The van der Waals surface area contributed by atoms with Crippen molar-refractivity contribution in [1.82, 2.24) is 0 Å². The number of alkyl halides is 3. The molecule has 0 bridgehead atoms. The second-order valence-corrected chi connectivity index (χ2v) is 4.87. The Labute approximate surface area is 137 Å². The number of nitrogens with zero attached hydrogens (tertiary/aromatic N) is 1. The molecule has 0 aromatic heterocycles. The third-order valence-corrected chi connectivity index (χ3v) is 3.22. The van der Waals surface area contributed by atoms with E-state index in [-0.39, 0.29) is 11.3 Å². The average molecular weight is 359 g/mol. The van der Waals surface area contributed by atoms with Crippen LogP contribution in [0.1, 0.15) is 16.7 Å². The highest BCUT2D eigenvalue weighted by Crippen LogP contribution is 2.34. The van der Waals surface area contributed by atoms with E-state index in [1.165, 1.54) is 0 Å². The first-order chi connectivity index (χ1) is 11.6. The van der Waals surface area contributed by atoms with Crippen LogP contribution in [0, 0.1) is 15.9 Å². The summed E-state index contributed by atoms with van der Waals surface area (Å²) in [4.78, 5) is 20.7. The Balaban J connectivity index is 2.50. The van der Waals surface area contributed by atoms with E-state index in [0.717, 1.165) is 30.3 Å². The standard InChI is InChI=1S/C15H9F4NO5/c16-13-8(2-1-3-11(13)15(17,18)19)6-9-7-10(20(23)24)4-5-12(9)25-14(21)22/h1-5,7H,6H2,(H,21,22). The van der Waals surface area contributed by atoms with Gasteiger partial charge in [-0.1, -0.05) is 12.1 Å². The third-order valence-electron chi connectivity index (χ3n) is 3.22. The molecule has 10 heteroatoms. The predicted molar refractivity (Wildman–Crippen MR) is 76.0 cm³/mol. The monoisotopic (exact) mass is 359 g/mol. The molecule has 0 unspecified atom stereocenters. The number of hydrogen-bond donors (Lipinski definition) is 1. The van der Waals surface area contributed by atoms with Crippen molar-refractivity contribution in [2.75, 3.05) is 0 Å². The Hall–Kier alpha value is -3.17. The summed E-state index contributed by atoms with van der Waals surface area (Å²) >= 11 is 0. The van der Waals surface area contributed by atoms with Gasteiger partial charge in [0, 0.05) is 24.1 Å². The third kappa shape index (κ3) is 4.22. The molecule has 0 saturated heterocycles. The highest BCUT2D eigenvalue weighted by molar-refractivity contribution is 5.63. The molecule has 0 aliphatic heterocycles. The number of carbonyl (C=O) groups is 1. The maximum absolute atomic E-state index is 14.1. The van der Waals surface area contributed by atoms with Gasteiger partial charge in [-0.3, -0.25) is 10.1 Å². The minimum Gasteiger partial charge on any atom is -0.449 e. The number of ether oxygens (including phenoxy) is 1. The van der Waals surface area contributed by atoms with Crippen molar-refractivity contribution < 1.29 is 37.1 Å². The van der Waals surface area contributed by atoms with E-state index in [4.69, 9.17) is 5.11 Å². The van der Waals surface area contributed by atoms with Gasteiger partial charge in [-0.05, 0) is 17.7 Å². The first-order valence-electron chi connectivity index (χ1n) is 6.62. The Kier molecular flexibility index (Phi) is 4.91. The Morgan fingerprint density at radius 3 is 2.44 bits per heavy atom. The molecule has 0 saturated carbocycles. The summed E-state index contributed by atoms with van der Waals surface area (Å²) in [6.45, 7) is 0. The molecule has 2 aromatic rings. The average Bonchev–Trinajstić information content (AvgIpc) is 2.49. The lowest BCUT2D eigenvalue weighted by Crippen LogP contribution is -2.11. The van der Waals surface area contributed by atoms with Crippen molar-refractivity contribution in [1.29, 1.82) is 0 Å². The van der Waals surface area contributed by atoms with Gasteiger partial charge in [0.15, 0.2) is 0 Å². The molecule has 0 fully saturated rings. The molecular formula is C15H9F4NO5. The van der Waals surface area contributed by atoms with Gasteiger partial charge in [-0.15, -0.1) is 0 Å². The smallest absolute Gasteiger partial charge is 0.449 e. The van der Waals surface area contributed by atoms with Crippen LogP contribution in [-0.2, 0) is 12.6 Å². The Morgan fingerprint density at radius 2 is 1.88 bits per heavy atom. The first kappa shape index (κ1) is 18.2. The Morgan fingerprint density at radius 1 is 1.20 bits per heavy atom. The molecular weight excluding hydrogens is 350 g/mol. The highest BCUT2D eigenvalue weighted by atomic mass is 19.4. The molecule has 0 spiro atoms. The minimum atomic E-state index is -4.91. The zero-order chi connectivity index (χ0) is 18.8. The minimum absolute atomic E-state index is 0.144. The molecule has 0 aliphatic carbocycles. The van der Waals surface area contributed by atoms with Gasteiger partial charge in [0.05, 0.1) is 10.5 Å². The summed E-state index contributed by atoms with van der Waals surface area (Å²) in [5.74, 6) is -1.88. The summed E-state index contributed by atoms with van der Waals surface area (Å²) < 4.78 is 56.8. The van der Waals surface area contributed by atoms with E-state index < -0.39 is 46.3 Å². The van der Waals surface area contributed by atoms with Gasteiger partial charge in [0.1, 0.15) is 11.6 Å². The molecule has 1 N–H and O–H groups in total. The fraction of sp³-hybridized carbons (Fsp3) is 0.133. The summed E-state index contributed by atoms with van der Waals surface area (Å²) in [6.07, 6.45) is -7.16.